The van der Waals surface area contributed by atoms with Crippen molar-refractivity contribution in [2.24, 2.45) is 0 Å². The molecule has 0 radical (unpaired) electrons. The maximum atomic E-state index is 12.9. The Morgan fingerprint density at radius 3 is 2.52 bits per heavy atom. The van der Waals surface area contributed by atoms with Crippen molar-refractivity contribution < 1.29 is 13.3 Å². The average molecular weight is 354 g/mol. The minimum absolute atomic E-state index is 0.311. The molecule has 25 heavy (non-hydrogen) atoms. The Bertz CT molecular complexity index is 970. The summed E-state index contributed by atoms with van der Waals surface area (Å²) >= 11 is 1.30. The van der Waals surface area contributed by atoms with Gasteiger partial charge >= 0.3 is 0 Å². The molecule has 0 aliphatic rings. The highest BCUT2D eigenvalue weighted by Crippen LogP contribution is 2.26. The van der Waals surface area contributed by atoms with Crippen LogP contribution in [0.15, 0.2) is 68.8 Å². The summed E-state index contributed by atoms with van der Waals surface area (Å²) in [6.07, 6.45) is 0. The highest BCUT2D eigenvalue weighted by atomic mass is 32.2. The lowest BCUT2D eigenvalue weighted by atomic mass is 10.2. The second-order valence-electron chi connectivity index (χ2n) is 5.05. The Morgan fingerprint density at radius 2 is 1.72 bits per heavy atom. The molecule has 0 unspecified atom stereocenters. The molecule has 0 fully saturated rings. The highest BCUT2D eigenvalue weighted by Gasteiger charge is 2.13. The molecule has 0 saturated heterocycles. The Balaban J connectivity index is 1.42. The fraction of sp³-hybridized carbons (Fsp3) is 0.0588. The monoisotopic (exact) mass is 354 g/mol. The van der Waals surface area contributed by atoms with Crippen LogP contribution in [0.25, 0.3) is 22.8 Å². The molecule has 0 aliphatic carbocycles. The molecule has 0 bridgehead atoms. The van der Waals surface area contributed by atoms with Crippen LogP contribution >= 0.6 is 11.8 Å². The second-order valence-corrected chi connectivity index (χ2v) is 5.97. The number of rotatable bonds is 5. The van der Waals surface area contributed by atoms with Crippen LogP contribution < -0.4 is 0 Å². The Hall–Kier alpha value is -3.00. The summed E-state index contributed by atoms with van der Waals surface area (Å²) in [5.74, 6) is 1.37. The predicted molar refractivity (Wildman–Crippen MR) is 89.0 cm³/mol. The van der Waals surface area contributed by atoms with E-state index in [2.05, 4.69) is 20.3 Å². The van der Waals surface area contributed by atoms with Crippen LogP contribution in [0.4, 0.5) is 4.39 Å². The molecule has 4 rings (SSSR count). The van der Waals surface area contributed by atoms with Gasteiger partial charge < -0.3 is 8.94 Å². The Morgan fingerprint density at radius 1 is 0.920 bits per heavy atom. The zero-order valence-electron chi connectivity index (χ0n) is 12.8. The molecule has 2 heterocycles. The smallest absolute Gasteiger partial charge is 0.277 e. The van der Waals surface area contributed by atoms with Gasteiger partial charge in [-0.05, 0) is 36.4 Å². The molecule has 0 N–H and O–H groups in total. The molecule has 0 saturated carbocycles. The first-order valence-electron chi connectivity index (χ1n) is 7.38. The van der Waals surface area contributed by atoms with Gasteiger partial charge in [-0.2, -0.15) is 4.98 Å². The predicted octanol–water partition coefficient (Wildman–Crippen LogP) is 4.22. The maximum Gasteiger partial charge on any atom is 0.277 e. The van der Waals surface area contributed by atoms with Gasteiger partial charge in [0.25, 0.3) is 5.22 Å². The van der Waals surface area contributed by atoms with Gasteiger partial charge in [0, 0.05) is 11.1 Å². The summed E-state index contributed by atoms with van der Waals surface area (Å²) in [5, 5.41) is 12.3. The Kier molecular flexibility index (Phi) is 4.26. The van der Waals surface area contributed by atoms with E-state index in [1.807, 2.05) is 30.3 Å². The molecule has 124 valence electrons. The highest BCUT2D eigenvalue weighted by molar-refractivity contribution is 7.98. The van der Waals surface area contributed by atoms with Gasteiger partial charge in [0.2, 0.25) is 17.6 Å². The van der Waals surface area contributed by atoms with E-state index in [4.69, 9.17) is 8.94 Å². The lowest BCUT2D eigenvalue weighted by molar-refractivity contribution is 0.391. The van der Waals surface area contributed by atoms with Crippen molar-refractivity contribution in [2.75, 3.05) is 0 Å². The molecule has 0 atom stereocenters. The van der Waals surface area contributed by atoms with Crippen LogP contribution in [0.5, 0.6) is 0 Å². The third-order valence-corrected chi connectivity index (χ3v) is 4.12. The number of hydrogen-bond donors (Lipinski definition) is 0. The van der Waals surface area contributed by atoms with E-state index >= 15 is 0 Å². The minimum Gasteiger partial charge on any atom is -0.411 e. The van der Waals surface area contributed by atoms with Gasteiger partial charge in [-0.25, -0.2) is 4.39 Å². The van der Waals surface area contributed by atoms with E-state index in [9.17, 15) is 4.39 Å². The minimum atomic E-state index is -0.311. The first kappa shape index (κ1) is 15.5. The lowest BCUT2D eigenvalue weighted by Crippen LogP contribution is -1.83. The molecular formula is C17H11FN4O2S. The van der Waals surface area contributed by atoms with E-state index < -0.39 is 0 Å². The molecule has 0 amide bonds. The first-order chi connectivity index (χ1) is 12.3. The fourth-order valence-corrected chi connectivity index (χ4v) is 2.72. The molecule has 4 aromatic rings. The fourth-order valence-electron chi connectivity index (χ4n) is 2.12. The van der Waals surface area contributed by atoms with Crippen LogP contribution in [0.2, 0.25) is 0 Å². The van der Waals surface area contributed by atoms with E-state index in [0.29, 0.717) is 34.1 Å². The van der Waals surface area contributed by atoms with Crippen molar-refractivity contribution in [3.05, 3.63) is 66.3 Å². The van der Waals surface area contributed by atoms with Gasteiger partial charge in [-0.1, -0.05) is 35.1 Å². The maximum absolute atomic E-state index is 12.9. The molecule has 2 aromatic carbocycles. The van der Waals surface area contributed by atoms with Crippen LogP contribution in [0.3, 0.4) is 0 Å². The quantitative estimate of drug-likeness (QED) is 0.497. The normalized spacial score (nSPS) is 10.9. The summed E-state index contributed by atoms with van der Waals surface area (Å²) in [6.45, 7) is 0. The molecule has 0 aliphatic heterocycles. The average Bonchev–Trinajstić information content (AvgIpc) is 3.31. The van der Waals surface area contributed by atoms with Crippen molar-refractivity contribution in [1.29, 1.82) is 0 Å². The molecule has 2 aromatic heterocycles. The summed E-state index contributed by atoms with van der Waals surface area (Å²) in [6, 6.07) is 15.4. The molecule has 0 spiro atoms. The van der Waals surface area contributed by atoms with E-state index in [-0.39, 0.29) is 5.82 Å². The first-order valence-corrected chi connectivity index (χ1v) is 8.37. The zero-order valence-corrected chi connectivity index (χ0v) is 13.6. The molecule has 6 nitrogen and oxygen atoms in total. The van der Waals surface area contributed by atoms with Crippen molar-refractivity contribution in [2.45, 2.75) is 11.0 Å². The topological polar surface area (TPSA) is 77.8 Å². The van der Waals surface area contributed by atoms with Crippen LogP contribution in [-0.2, 0) is 5.75 Å². The zero-order chi connectivity index (χ0) is 17.1. The summed E-state index contributed by atoms with van der Waals surface area (Å²) in [4.78, 5) is 4.28. The van der Waals surface area contributed by atoms with Crippen molar-refractivity contribution in [3.63, 3.8) is 0 Å². The number of benzene rings is 2. The third kappa shape index (κ3) is 3.58. The molecule has 8 heteroatoms. The van der Waals surface area contributed by atoms with E-state index in [1.165, 1.54) is 23.9 Å². The van der Waals surface area contributed by atoms with Crippen LogP contribution in [0, 0.1) is 5.82 Å². The van der Waals surface area contributed by atoms with E-state index in [0.717, 1.165) is 5.56 Å². The van der Waals surface area contributed by atoms with Crippen molar-refractivity contribution >= 4 is 11.8 Å². The van der Waals surface area contributed by atoms with Crippen molar-refractivity contribution in [1.82, 2.24) is 20.3 Å². The summed E-state index contributed by atoms with van der Waals surface area (Å²) in [5.41, 5.74) is 1.55. The van der Waals surface area contributed by atoms with Gasteiger partial charge in [0.1, 0.15) is 5.82 Å². The summed E-state index contributed by atoms with van der Waals surface area (Å²) in [7, 11) is 0. The molecular weight excluding hydrogens is 343 g/mol. The number of aromatic nitrogens is 4. The Labute approximate surface area is 146 Å². The van der Waals surface area contributed by atoms with Gasteiger partial charge in [-0.15, -0.1) is 10.2 Å². The largest absolute Gasteiger partial charge is 0.411 e. The lowest BCUT2D eigenvalue weighted by Gasteiger charge is -1.93. The summed E-state index contributed by atoms with van der Waals surface area (Å²) < 4.78 is 23.8. The third-order valence-electron chi connectivity index (χ3n) is 3.32. The second kappa shape index (κ2) is 6.86. The van der Waals surface area contributed by atoms with E-state index in [1.54, 1.807) is 12.1 Å². The SMILES string of the molecule is Fc1ccc(-c2noc(CSc3nnc(-c4ccccc4)o3)n2)cc1. The van der Waals surface area contributed by atoms with Gasteiger partial charge in [0.05, 0.1) is 5.75 Å². The number of nitrogens with zero attached hydrogens (tertiary/aromatic N) is 4. The van der Waals surface area contributed by atoms with Gasteiger partial charge in [0.15, 0.2) is 0 Å². The van der Waals surface area contributed by atoms with Crippen LogP contribution in [0.1, 0.15) is 5.89 Å². The standard InChI is InChI=1S/C17H11FN4O2S/c18-13-8-6-11(7-9-13)15-19-14(24-22-15)10-25-17-21-20-16(23-17)12-4-2-1-3-5-12/h1-9H,10H2. The number of thioether (sulfide) groups is 1. The number of hydrogen-bond acceptors (Lipinski definition) is 7. The van der Waals surface area contributed by atoms with Crippen molar-refractivity contribution in [3.8, 4) is 22.8 Å². The van der Waals surface area contributed by atoms with Crippen LogP contribution in [-0.4, -0.2) is 20.3 Å². The number of halogens is 1. The van der Waals surface area contributed by atoms with Gasteiger partial charge in [-0.3, -0.25) is 0 Å².